The number of hydrogen-bond donors (Lipinski definition) is 1. The van der Waals surface area contributed by atoms with Crippen molar-refractivity contribution in [2.24, 2.45) is 0 Å². The number of carbonyl (C=O) groups is 1. The second kappa shape index (κ2) is 5.73. The third-order valence-corrected chi connectivity index (χ3v) is 2.44. The molecule has 0 saturated heterocycles. The number of carbonyl (C=O) groups excluding carboxylic acids is 1. The summed E-state index contributed by atoms with van der Waals surface area (Å²) in [5, 5.41) is 18.7. The lowest BCUT2D eigenvalue weighted by Gasteiger charge is -2.18. The van der Waals surface area contributed by atoms with Crippen LogP contribution in [0.1, 0.15) is 5.56 Å². The Morgan fingerprint density at radius 2 is 2.17 bits per heavy atom. The van der Waals surface area contributed by atoms with Crippen LogP contribution >= 0.6 is 0 Å². The van der Waals surface area contributed by atoms with Gasteiger partial charge < -0.3 is 14.7 Å². The molecule has 0 atom stereocenters. The van der Waals surface area contributed by atoms with Gasteiger partial charge in [0.2, 0.25) is 0 Å². The molecule has 0 aliphatic carbocycles. The molecule has 0 heterocycles. The van der Waals surface area contributed by atoms with Crippen LogP contribution in [-0.2, 0) is 4.79 Å². The van der Waals surface area contributed by atoms with E-state index in [-0.39, 0.29) is 11.3 Å². The van der Waals surface area contributed by atoms with Gasteiger partial charge in [0.25, 0.3) is 0 Å². The van der Waals surface area contributed by atoms with Crippen molar-refractivity contribution in [3.63, 3.8) is 0 Å². The van der Waals surface area contributed by atoms with E-state index in [2.05, 4.69) is 0 Å². The summed E-state index contributed by atoms with van der Waals surface area (Å²) in [6.07, 6.45) is 0.332. The first-order valence-corrected chi connectivity index (χ1v) is 5.19. The van der Waals surface area contributed by atoms with Gasteiger partial charge in [0.15, 0.2) is 6.29 Å². The fourth-order valence-electron chi connectivity index (χ4n) is 1.49. The van der Waals surface area contributed by atoms with Gasteiger partial charge in [-0.3, -0.25) is 4.79 Å². The maximum atomic E-state index is 10.7. The molecule has 5 heteroatoms. The average Bonchev–Trinajstić information content (AvgIpc) is 2.39. The number of nitriles is 1. The molecule has 5 nitrogen and oxygen atoms in total. The zero-order valence-corrected chi connectivity index (χ0v) is 10.5. The maximum absolute atomic E-state index is 10.7. The third-order valence-electron chi connectivity index (χ3n) is 2.44. The first kappa shape index (κ1) is 13.6. The summed E-state index contributed by atoms with van der Waals surface area (Å²) in [6.45, 7) is 0. The van der Waals surface area contributed by atoms with Crippen LogP contribution in [0, 0.1) is 11.3 Å². The highest BCUT2D eigenvalue weighted by Crippen LogP contribution is 2.30. The van der Waals surface area contributed by atoms with Gasteiger partial charge in [0.1, 0.15) is 23.2 Å². The number of methoxy groups -OCH3 is 1. The van der Waals surface area contributed by atoms with Gasteiger partial charge >= 0.3 is 0 Å². The number of rotatable bonds is 4. The van der Waals surface area contributed by atoms with Gasteiger partial charge in [-0.05, 0) is 12.1 Å². The van der Waals surface area contributed by atoms with Gasteiger partial charge in [0.05, 0.1) is 12.8 Å². The van der Waals surface area contributed by atoms with Crippen LogP contribution in [0.2, 0.25) is 0 Å². The minimum absolute atomic E-state index is 0.303. The van der Waals surface area contributed by atoms with Crippen molar-refractivity contribution in [1.82, 2.24) is 0 Å². The fraction of sp³-hybridized carbons (Fsp3) is 0.231. The molecule has 0 aromatic heterocycles. The zero-order valence-electron chi connectivity index (χ0n) is 10.5. The predicted molar refractivity (Wildman–Crippen MR) is 68.5 cm³/mol. The first-order valence-electron chi connectivity index (χ1n) is 5.19. The molecule has 0 radical (unpaired) electrons. The van der Waals surface area contributed by atoms with Crippen molar-refractivity contribution in [2.75, 3.05) is 26.1 Å². The molecule has 0 saturated carbocycles. The van der Waals surface area contributed by atoms with Crippen molar-refractivity contribution in [1.29, 1.82) is 5.26 Å². The topological polar surface area (TPSA) is 73.6 Å². The molecule has 0 fully saturated rings. The van der Waals surface area contributed by atoms with E-state index in [0.717, 1.165) is 0 Å². The molecular formula is C13H14N2O3. The van der Waals surface area contributed by atoms with E-state index in [4.69, 9.17) is 10.00 Å². The maximum Gasteiger partial charge on any atom is 0.164 e. The van der Waals surface area contributed by atoms with Gasteiger partial charge in [-0.2, -0.15) is 5.26 Å². The van der Waals surface area contributed by atoms with Gasteiger partial charge in [-0.1, -0.05) is 0 Å². The second-order valence-corrected chi connectivity index (χ2v) is 3.77. The Balaban J connectivity index is 3.46. The quantitative estimate of drug-likeness (QED) is 0.379. The Labute approximate surface area is 106 Å². The molecule has 0 spiro atoms. The van der Waals surface area contributed by atoms with Crippen LogP contribution in [0.25, 0.3) is 5.76 Å². The van der Waals surface area contributed by atoms with Crippen molar-refractivity contribution in [2.45, 2.75) is 0 Å². The number of benzene rings is 1. The molecule has 94 valence electrons. The van der Waals surface area contributed by atoms with Gasteiger partial charge in [-0.15, -0.1) is 0 Å². The highest BCUT2D eigenvalue weighted by atomic mass is 16.5. The van der Waals surface area contributed by atoms with E-state index in [0.29, 0.717) is 23.3 Å². The van der Waals surface area contributed by atoms with E-state index in [1.54, 1.807) is 43.3 Å². The Hall–Kier alpha value is -2.48. The highest BCUT2D eigenvalue weighted by Gasteiger charge is 2.14. The Kier molecular flexibility index (Phi) is 4.33. The number of aliphatic hydroxyl groups excluding tert-OH is 1. The standard InChI is InChI=1S/C13H14N2O3/c1-15(2)12-6-10(18-3)4-5-11(12)13(17)9(7-14)8-16/h4-6,8,17H,1-3H3/b13-9+. The first-order chi connectivity index (χ1) is 8.54. The summed E-state index contributed by atoms with van der Waals surface area (Å²) in [5.74, 6) is 0.290. The number of allylic oxidation sites excluding steroid dienone is 1. The molecule has 1 aromatic carbocycles. The molecule has 18 heavy (non-hydrogen) atoms. The Morgan fingerprint density at radius 3 is 2.61 bits per heavy atom. The minimum atomic E-state index is -0.334. The van der Waals surface area contributed by atoms with Gasteiger partial charge in [-0.25, -0.2) is 0 Å². The van der Waals surface area contributed by atoms with E-state index < -0.39 is 0 Å². The van der Waals surface area contributed by atoms with Crippen LogP contribution < -0.4 is 9.64 Å². The lowest BCUT2D eigenvalue weighted by atomic mass is 10.1. The molecule has 1 N–H and O–H groups in total. The third kappa shape index (κ3) is 2.61. The SMILES string of the molecule is COc1ccc(/C(O)=C(/C#N)C=O)c(N(C)C)c1. The number of anilines is 1. The molecule has 1 aromatic rings. The lowest BCUT2D eigenvalue weighted by Crippen LogP contribution is -2.11. The smallest absolute Gasteiger partial charge is 0.164 e. The predicted octanol–water partition coefficient (Wildman–Crippen LogP) is 1.75. The second-order valence-electron chi connectivity index (χ2n) is 3.77. The van der Waals surface area contributed by atoms with Crippen molar-refractivity contribution in [3.8, 4) is 11.8 Å². The summed E-state index contributed by atoms with van der Waals surface area (Å²) in [6, 6.07) is 6.62. The normalized spacial score (nSPS) is 11.2. The summed E-state index contributed by atoms with van der Waals surface area (Å²) in [7, 11) is 5.12. The number of aldehydes is 1. The number of aliphatic hydroxyl groups is 1. The van der Waals surface area contributed by atoms with E-state index in [1.807, 2.05) is 0 Å². The van der Waals surface area contributed by atoms with Crippen LogP contribution in [0.15, 0.2) is 23.8 Å². The number of nitrogens with zero attached hydrogens (tertiary/aromatic N) is 2. The molecular weight excluding hydrogens is 232 g/mol. The average molecular weight is 246 g/mol. The Bertz CT molecular complexity index is 528. The van der Waals surface area contributed by atoms with Crippen LogP contribution in [0.3, 0.4) is 0 Å². The highest BCUT2D eigenvalue weighted by molar-refractivity contribution is 5.92. The minimum Gasteiger partial charge on any atom is -0.506 e. The summed E-state index contributed by atoms with van der Waals surface area (Å²) in [5.41, 5.74) is 0.758. The largest absolute Gasteiger partial charge is 0.506 e. The number of ether oxygens (including phenoxy) is 1. The van der Waals surface area contributed by atoms with E-state index >= 15 is 0 Å². The van der Waals surface area contributed by atoms with Crippen LogP contribution in [0.5, 0.6) is 5.75 Å². The fourth-order valence-corrected chi connectivity index (χ4v) is 1.49. The van der Waals surface area contributed by atoms with Crippen molar-refractivity contribution in [3.05, 3.63) is 29.3 Å². The summed E-state index contributed by atoms with van der Waals surface area (Å²) in [4.78, 5) is 12.4. The molecule has 0 aliphatic rings. The van der Waals surface area contributed by atoms with Crippen molar-refractivity contribution >= 4 is 17.7 Å². The number of hydrogen-bond acceptors (Lipinski definition) is 5. The molecule has 0 aliphatic heterocycles. The van der Waals surface area contributed by atoms with Crippen molar-refractivity contribution < 1.29 is 14.6 Å². The van der Waals surface area contributed by atoms with Crippen LogP contribution in [-0.4, -0.2) is 32.6 Å². The van der Waals surface area contributed by atoms with E-state index in [9.17, 15) is 9.90 Å². The van der Waals surface area contributed by atoms with Gasteiger partial charge in [0, 0.05) is 25.7 Å². The summed E-state index contributed by atoms with van der Waals surface area (Å²) < 4.78 is 5.09. The monoisotopic (exact) mass is 246 g/mol. The van der Waals surface area contributed by atoms with Crippen LogP contribution in [0.4, 0.5) is 5.69 Å². The molecule has 0 unspecified atom stereocenters. The molecule has 0 bridgehead atoms. The summed E-state index contributed by atoms with van der Waals surface area (Å²) >= 11 is 0. The zero-order chi connectivity index (χ0) is 13.7. The van der Waals surface area contributed by atoms with E-state index in [1.165, 1.54) is 7.11 Å². The molecule has 1 rings (SSSR count). The molecule has 0 amide bonds. The lowest BCUT2D eigenvalue weighted by molar-refractivity contribution is -0.104. The Morgan fingerprint density at radius 1 is 1.50 bits per heavy atom.